The fourth-order valence-corrected chi connectivity index (χ4v) is 0.835. The highest BCUT2D eigenvalue weighted by atomic mass is 32.3. The molecule has 0 aromatic heterocycles. The first-order chi connectivity index (χ1) is 4.56. The lowest BCUT2D eigenvalue weighted by Crippen LogP contribution is -2.04. The Balaban J connectivity index is 3.21. The van der Waals surface area contributed by atoms with Crippen molar-refractivity contribution < 1.29 is 17.2 Å². The fourth-order valence-electron chi connectivity index (χ4n) is 0.513. The van der Waals surface area contributed by atoms with E-state index in [1.54, 1.807) is 0 Å². The van der Waals surface area contributed by atoms with Crippen LogP contribution in [0.15, 0.2) is 0 Å². The Bertz CT molecular complexity index is 160. The molecule has 0 unspecified atom stereocenters. The van der Waals surface area contributed by atoms with E-state index in [1.807, 2.05) is 6.92 Å². The second-order valence-corrected chi connectivity index (χ2v) is 2.99. The van der Waals surface area contributed by atoms with Crippen LogP contribution in [0, 0.1) is 0 Å². The number of rotatable bonds is 5. The highest BCUT2D eigenvalue weighted by Gasteiger charge is 1.92. The zero-order valence-electron chi connectivity index (χ0n) is 5.87. The van der Waals surface area contributed by atoms with Crippen LogP contribution in [0.1, 0.15) is 26.2 Å². The lowest BCUT2D eigenvalue weighted by atomic mass is 10.3. The Hall–Kier alpha value is -0.130. The molecule has 0 fully saturated rings. The van der Waals surface area contributed by atoms with Crippen molar-refractivity contribution in [2.75, 3.05) is 6.61 Å². The molecule has 5 heteroatoms. The summed E-state index contributed by atoms with van der Waals surface area (Å²) in [6.07, 6.45) is 2.48. The molecule has 10 heavy (non-hydrogen) atoms. The molecule has 0 bridgehead atoms. The molecule has 4 nitrogen and oxygen atoms in total. The van der Waals surface area contributed by atoms with Gasteiger partial charge in [0, 0.05) is 0 Å². The summed E-state index contributed by atoms with van der Waals surface area (Å²) in [5.41, 5.74) is 0. The predicted molar refractivity (Wildman–Crippen MR) is 35.2 cm³/mol. The van der Waals surface area contributed by atoms with E-state index >= 15 is 0 Å². The number of hydrogen-bond donors (Lipinski definition) is 0. The van der Waals surface area contributed by atoms with Gasteiger partial charge in [-0.3, -0.25) is 4.18 Å². The second kappa shape index (κ2) is 4.65. The lowest BCUT2D eigenvalue weighted by molar-refractivity contribution is 0.256. The molecule has 0 heterocycles. The summed E-state index contributed by atoms with van der Waals surface area (Å²) in [7, 11) is -4.45. The summed E-state index contributed by atoms with van der Waals surface area (Å²) in [4.78, 5) is 0. The van der Waals surface area contributed by atoms with Crippen LogP contribution in [0.25, 0.3) is 0 Å². The first kappa shape index (κ1) is 9.87. The number of unbranched alkanes of at least 4 members (excludes halogenated alkanes) is 2. The minimum atomic E-state index is -4.45. The van der Waals surface area contributed by atoms with E-state index in [0.29, 0.717) is 6.42 Å². The normalized spacial score (nSPS) is 11.8. The smallest absolute Gasteiger partial charge is 0.217 e. The molecule has 0 aromatic rings. The van der Waals surface area contributed by atoms with Gasteiger partial charge in [0.1, 0.15) is 0 Å². The van der Waals surface area contributed by atoms with Crippen molar-refractivity contribution >= 4 is 10.4 Å². The van der Waals surface area contributed by atoms with E-state index in [1.165, 1.54) is 0 Å². The van der Waals surface area contributed by atoms with Crippen molar-refractivity contribution in [3.05, 3.63) is 0 Å². The third-order valence-corrected chi connectivity index (χ3v) is 1.43. The van der Waals surface area contributed by atoms with Gasteiger partial charge in [0.05, 0.1) is 6.61 Å². The molecule has 0 N–H and O–H groups in total. The quantitative estimate of drug-likeness (QED) is 0.342. The van der Waals surface area contributed by atoms with E-state index in [4.69, 9.17) is 0 Å². The number of hydrogen-bond acceptors (Lipinski definition) is 4. The van der Waals surface area contributed by atoms with Gasteiger partial charge >= 0.3 is 0 Å². The first-order valence-corrected chi connectivity index (χ1v) is 4.50. The summed E-state index contributed by atoms with van der Waals surface area (Å²) < 4.78 is 33.4. The summed E-state index contributed by atoms with van der Waals surface area (Å²) in [6, 6.07) is 0. The molecule has 0 radical (unpaired) electrons. The molecule has 0 rings (SSSR count). The summed E-state index contributed by atoms with van der Waals surface area (Å²) in [5, 5.41) is 0. The molecule has 0 saturated carbocycles. The SMILES string of the molecule is CCCCCOS(=O)(=O)[O-]. The maximum Gasteiger partial charge on any atom is 0.217 e. The molecule has 0 aliphatic rings. The summed E-state index contributed by atoms with van der Waals surface area (Å²) in [6.45, 7) is 1.99. The Labute approximate surface area is 61.2 Å². The van der Waals surface area contributed by atoms with Crippen LogP contribution in [0.5, 0.6) is 0 Å². The van der Waals surface area contributed by atoms with E-state index < -0.39 is 10.4 Å². The van der Waals surface area contributed by atoms with Gasteiger partial charge in [0.15, 0.2) is 0 Å². The van der Waals surface area contributed by atoms with Gasteiger partial charge in [-0.25, -0.2) is 8.42 Å². The van der Waals surface area contributed by atoms with Crippen LogP contribution in [0.3, 0.4) is 0 Å². The first-order valence-electron chi connectivity index (χ1n) is 3.16. The predicted octanol–water partition coefficient (Wildman–Crippen LogP) is 0.653. The summed E-state index contributed by atoms with van der Waals surface area (Å²) >= 11 is 0. The standard InChI is InChI=1S/C5H12O4S/c1-2-3-4-5-9-10(6,7)8/h2-5H2,1H3,(H,6,7,8)/p-1. The molecule has 0 saturated heterocycles. The van der Waals surface area contributed by atoms with Gasteiger partial charge in [-0.15, -0.1) is 0 Å². The van der Waals surface area contributed by atoms with E-state index in [2.05, 4.69) is 4.18 Å². The Morgan fingerprint density at radius 1 is 1.40 bits per heavy atom. The minimum Gasteiger partial charge on any atom is -0.726 e. The van der Waals surface area contributed by atoms with Crippen LogP contribution in [-0.2, 0) is 14.6 Å². The zero-order valence-corrected chi connectivity index (χ0v) is 6.69. The third-order valence-electron chi connectivity index (χ3n) is 0.976. The molecular formula is C5H11O4S-. The van der Waals surface area contributed by atoms with Gasteiger partial charge in [-0.1, -0.05) is 19.8 Å². The highest BCUT2D eigenvalue weighted by molar-refractivity contribution is 7.80. The largest absolute Gasteiger partial charge is 0.726 e. The van der Waals surface area contributed by atoms with Crippen LogP contribution < -0.4 is 0 Å². The molecule has 0 aliphatic heterocycles. The topological polar surface area (TPSA) is 66.4 Å². The molecule has 0 aliphatic carbocycles. The van der Waals surface area contributed by atoms with Gasteiger partial charge in [-0.05, 0) is 6.42 Å². The van der Waals surface area contributed by atoms with Crippen molar-refractivity contribution in [3.8, 4) is 0 Å². The fraction of sp³-hybridized carbons (Fsp3) is 1.00. The van der Waals surface area contributed by atoms with Crippen LogP contribution in [0.4, 0.5) is 0 Å². The van der Waals surface area contributed by atoms with E-state index in [-0.39, 0.29) is 6.61 Å². The van der Waals surface area contributed by atoms with Gasteiger partial charge in [0.25, 0.3) is 0 Å². The van der Waals surface area contributed by atoms with Crippen LogP contribution in [-0.4, -0.2) is 19.6 Å². The van der Waals surface area contributed by atoms with E-state index in [0.717, 1.165) is 12.8 Å². The van der Waals surface area contributed by atoms with Gasteiger partial charge < -0.3 is 4.55 Å². The maximum atomic E-state index is 9.82. The molecule has 62 valence electrons. The van der Waals surface area contributed by atoms with Crippen molar-refractivity contribution in [1.29, 1.82) is 0 Å². The monoisotopic (exact) mass is 167 g/mol. The Kier molecular flexibility index (Phi) is 4.59. The molecule has 0 amide bonds. The molecule has 0 atom stereocenters. The van der Waals surface area contributed by atoms with Gasteiger partial charge in [-0.2, -0.15) is 0 Å². The molecule has 0 spiro atoms. The molecular weight excluding hydrogens is 156 g/mol. The highest BCUT2D eigenvalue weighted by Crippen LogP contribution is 1.95. The lowest BCUT2D eigenvalue weighted by Gasteiger charge is -2.05. The molecule has 0 aromatic carbocycles. The minimum absolute atomic E-state index is 0.0136. The third kappa shape index (κ3) is 7.87. The zero-order chi connectivity index (χ0) is 8.04. The Morgan fingerprint density at radius 2 is 2.00 bits per heavy atom. The van der Waals surface area contributed by atoms with Crippen molar-refractivity contribution in [2.24, 2.45) is 0 Å². The van der Waals surface area contributed by atoms with Crippen molar-refractivity contribution in [2.45, 2.75) is 26.2 Å². The van der Waals surface area contributed by atoms with E-state index in [9.17, 15) is 13.0 Å². The van der Waals surface area contributed by atoms with Crippen molar-refractivity contribution in [1.82, 2.24) is 0 Å². The van der Waals surface area contributed by atoms with Crippen LogP contribution in [0.2, 0.25) is 0 Å². The average Bonchev–Trinajstić information content (AvgIpc) is 1.78. The van der Waals surface area contributed by atoms with Crippen molar-refractivity contribution in [3.63, 3.8) is 0 Å². The summed E-state index contributed by atoms with van der Waals surface area (Å²) in [5.74, 6) is 0. The Morgan fingerprint density at radius 3 is 2.40 bits per heavy atom. The maximum absolute atomic E-state index is 9.82. The van der Waals surface area contributed by atoms with Gasteiger partial charge in [0.2, 0.25) is 10.4 Å². The second-order valence-electron chi connectivity index (χ2n) is 1.94. The average molecular weight is 167 g/mol. The van der Waals surface area contributed by atoms with Crippen LogP contribution >= 0.6 is 0 Å².